The number of hydrogen-bond donors (Lipinski definition) is 4. The van der Waals surface area contributed by atoms with Gasteiger partial charge in [0.2, 0.25) is 5.91 Å². The summed E-state index contributed by atoms with van der Waals surface area (Å²) in [7, 11) is -0.509. The number of pyridine rings is 1. The average Bonchev–Trinajstić information content (AvgIpc) is 3.25. The van der Waals surface area contributed by atoms with Gasteiger partial charge in [0.05, 0.1) is 30.5 Å². The molecule has 0 aliphatic rings. The number of hydrogen-bond acceptors (Lipinski definition) is 8. The summed E-state index contributed by atoms with van der Waals surface area (Å²) >= 11 is 1.16. The SMILES string of the molecule is CN(CCP(C)(C)=O)C(=O)CNCc1cccc(Nc2sc(-c3ccc(C(C)(C)O)cc3F)cc2C(N)=O)n1. The van der Waals surface area contributed by atoms with Crippen LogP contribution < -0.4 is 16.4 Å². The second-order valence-electron chi connectivity index (χ2n) is 10.3. The van der Waals surface area contributed by atoms with E-state index in [4.69, 9.17) is 5.73 Å². The van der Waals surface area contributed by atoms with Crippen LogP contribution in [0.3, 0.4) is 0 Å². The summed E-state index contributed by atoms with van der Waals surface area (Å²) in [6, 6.07) is 11.3. The molecule has 0 radical (unpaired) electrons. The highest BCUT2D eigenvalue weighted by molar-refractivity contribution is 7.62. The van der Waals surface area contributed by atoms with Gasteiger partial charge >= 0.3 is 0 Å². The van der Waals surface area contributed by atoms with Crippen molar-refractivity contribution < 1.29 is 23.7 Å². The largest absolute Gasteiger partial charge is 0.386 e. The Balaban J connectivity index is 1.70. The minimum Gasteiger partial charge on any atom is -0.386 e. The lowest BCUT2D eigenvalue weighted by molar-refractivity contribution is -0.128. The molecule has 9 nitrogen and oxygen atoms in total. The van der Waals surface area contributed by atoms with Crippen LogP contribution in [0.15, 0.2) is 42.5 Å². The van der Waals surface area contributed by atoms with Gasteiger partial charge in [-0.05, 0) is 57.0 Å². The Labute approximate surface area is 232 Å². The number of likely N-dealkylation sites (N-methyl/N-ethyl adjacent to an activating group) is 1. The van der Waals surface area contributed by atoms with Crippen molar-refractivity contribution in [1.29, 1.82) is 0 Å². The van der Waals surface area contributed by atoms with E-state index in [-0.39, 0.29) is 23.6 Å². The van der Waals surface area contributed by atoms with Crippen LogP contribution in [0.25, 0.3) is 10.4 Å². The van der Waals surface area contributed by atoms with E-state index < -0.39 is 24.5 Å². The number of halogens is 1. The fourth-order valence-electron chi connectivity index (χ4n) is 3.61. The number of nitrogens with zero attached hydrogens (tertiary/aromatic N) is 2. The molecule has 0 spiro atoms. The third-order valence-corrected chi connectivity index (χ3v) is 8.33. The quantitative estimate of drug-likeness (QED) is 0.238. The molecule has 0 saturated heterocycles. The number of primary amides is 1. The first-order valence-electron chi connectivity index (χ1n) is 12.3. The summed E-state index contributed by atoms with van der Waals surface area (Å²) in [6.07, 6.45) is 0.473. The maximum absolute atomic E-state index is 14.9. The zero-order chi connectivity index (χ0) is 29.0. The van der Waals surface area contributed by atoms with Crippen molar-refractivity contribution in [3.05, 3.63) is 65.1 Å². The van der Waals surface area contributed by atoms with Crippen LogP contribution in [0.1, 0.15) is 35.5 Å². The predicted molar refractivity (Wildman–Crippen MR) is 155 cm³/mol. The van der Waals surface area contributed by atoms with E-state index in [1.165, 1.54) is 12.1 Å². The van der Waals surface area contributed by atoms with Crippen molar-refractivity contribution in [2.24, 2.45) is 5.73 Å². The van der Waals surface area contributed by atoms with Crippen molar-refractivity contribution in [1.82, 2.24) is 15.2 Å². The van der Waals surface area contributed by atoms with Crippen molar-refractivity contribution in [2.75, 3.05) is 44.9 Å². The minimum atomic E-state index is -2.19. The Hall–Kier alpha value is -3.11. The summed E-state index contributed by atoms with van der Waals surface area (Å²) in [4.78, 5) is 31.0. The third kappa shape index (κ3) is 8.69. The highest BCUT2D eigenvalue weighted by Gasteiger charge is 2.21. The summed E-state index contributed by atoms with van der Waals surface area (Å²) in [5.41, 5.74) is 5.98. The van der Waals surface area contributed by atoms with Gasteiger partial charge in [-0.25, -0.2) is 9.37 Å². The Morgan fingerprint density at radius 1 is 1.21 bits per heavy atom. The van der Waals surface area contributed by atoms with Crippen LogP contribution in [0.2, 0.25) is 0 Å². The van der Waals surface area contributed by atoms with Crippen molar-refractivity contribution in [3.8, 4) is 10.4 Å². The topological polar surface area (TPSA) is 138 Å². The van der Waals surface area contributed by atoms with E-state index >= 15 is 0 Å². The van der Waals surface area contributed by atoms with Crippen LogP contribution in [0.4, 0.5) is 15.2 Å². The number of carbonyl (C=O) groups excluding carboxylic acids is 2. The molecule has 0 atom stereocenters. The Morgan fingerprint density at radius 3 is 2.54 bits per heavy atom. The molecule has 0 unspecified atom stereocenters. The molecule has 0 fully saturated rings. The van der Waals surface area contributed by atoms with E-state index in [0.29, 0.717) is 46.2 Å². The number of carbonyl (C=O) groups is 2. The van der Waals surface area contributed by atoms with Gasteiger partial charge in [-0.3, -0.25) is 9.59 Å². The number of thiophene rings is 1. The summed E-state index contributed by atoms with van der Waals surface area (Å²) in [6.45, 7) is 7.41. The smallest absolute Gasteiger partial charge is 0.251 e. The standard InChI is InChI=1S/C27H35FN5O4PS/c1-27(2,36)17-9-10-19(21(28)13-17)22-14-20(25(29)35)26(39-22)32-23-8-6-7-18(31-23)15-30-16-24(34)33(3)11-12-38(4,5)37/h6-10,13-14,30,36H,11-12,15-16H2,1-5H3,(H2,29,35)(H,31,32). The predicted octanol–water partition coefficient (Wildman–Crippen LogP) is 4.19. The van der Waals surface area contributed by atoms with Gasteiger partial charge in [0.1, 0.15) is 16.6 Å². The average molecular weight is 576 g/mol. The van der Waals surface area contributed by atoms with Crippen molar-refractivity contribution in [2.45, 2.75) is 26.0 Å². The van der Waals surface area contributed by atoms with E-state index in [0.717, 1.165) is 11.3 Å². The highest BCUT2D eigenvalue weighted by Crippen LogP contribution is 2.39. The molecule has 2 amide bonds. The van der Waals surface area contributed by atoms with Gasteiger partial charge in [0.15, 0.2) is 0 Å². The number of nitrogens with two attached hydrogens (primary N) is 1. The molecule has 2 aromatic heterocycles. The van der Waals surface area contributed by atoms with E-state index in [1.54, 1.807) is 69.5 Å². The second-order valence-corrected chi connectivity index (χ2v) is 15.0. The molecule has 1 aromatic carbocycles. The van der Waals surface area contributed by atoms with Gasteiger partial charge < -0.3 is 30.9 Å². The van der Waals surface area contributed by atoms with Crippen LogP contribution in [0.5, 0.6) is 0 Å². The molecule has 0 bridgehead atoms. The molecule has 3 aromatic rings. The van der Waals surface area contributed by atoms with Gasteiger partial charge in [-0.15, -0.1) is 11.3 Å². The minimum absolute atomic E-state index is 0.103. The molecule has 3 rings (SSSR count). The van der Waals surface area contributed by atoms with Gasteiger partial charge in [0, 0.05) is 36.7 Å². The van der Waals surface area contributed by atoms with Crippen LogP contribution in [0, 0.1) is 5.82 Å². The maximum atomic E-state index is 14.9. The molecular weight excluding hydrogens is 540 g/mol. The van der Waals surface area contributed by atoms with E-state index in [9.17, 15) is 23.7 Å². The molecule has 39 heavy (non-hydrogen) atoms. The van der Waals surface area contributed by atoms with Crippen LogP contribution >= 0.6 is 18.5 Å². The highest BCUT2D eigenvalue weighted by atomic mass is 32.1. The molecule has 0 aliphatic heterocycles. The lowest BCUT2D eigenvalue weighted by atomic mass is 9.96. The maximum Gasteiger partial charge on any atom is 0.251 e. The molecular formula is C27H35FN5O4PS. The van der Waals surface area contributed by atoms with E-state index in [2.05, 4.69) is 15.6 Å². The lowest BCUT2D eigenvalue weighted by Crippen LogP contribution is -2.36. The van der Waals surface area contributed by atoms with E-state index in [1.807, 2.05) is 0 Å². The number of benzene rings is 1. The lowest BCUT2D eigenvalue weighted by Gasteiger charge is -2.18. The fourth-order valence-corrected chi connectivity index (χ4v) is 5.49. The molecule has 0 aliphatic carbocycles. The summed E-state index contributed by atoms with van der Waals surface area (Å²) < 4.78 is 26.8. The summed E-state index contributed by atoms with van der Waals surface area (Å²) in [5.74, 6) is -0.856. The first-order valence-corrected chi connectivity index (χ1v) is 15.9. The molecule has 12 heteroatoms. The fraction of sp³-hybridized carbons (Fsp3) is 0.370. The zero-order valence-electron chi connectivity index (χ0n) is 22.7. The van der Waals surface area contributed by atoms with Crippen LogP contribution in [-0.2, 0) is 21.5 Å². The second kappa shape index (κ2) is 12.4. The number of aliphatic hydroxyl groups is 1. The van der Waals surface area contributed by atoms with Gasteiger partial charge in [-0.2, -0.15) is 0 Å². The first-order chi connectivity index (χ1) is 18.1. The Kier molecular flexibility index (Phi) is 9.66. The van der Waals surface area contributed by atoms with Crippen molar-refractivity contribution in [3.63, 3.8) is 0 Å². The number of nitrogens with one attached hydrogen (secondary N) is 2. The summed E-state index contributed by atoms with van der Waals surface area (Å²) in [5, 5.41) is 16.7. The molecule has 2 heterocycles. The monoisotopic (exact) mass is 575 g/mol. The number of rotatable bonds is 12. The Bertz CT molecular complexity index is 1400. The number of anilines is 2. The van der Waals surface area contributed by atoms with Gasteiger partial charge in [-0.1, -0.05) is 18.2 Å². The zero-order valence-corrected chi connectivity index (χ0v) is 24.5. The molecule has 210 valence electrons. The number of aromatic nitrogens is 1. The number of amides is 2. The molecule has 5 N–H and O–H groups in total. The molecule has 0 saturated carbocycles. The normalized spacial score (nSPS) is 11.9. The Morgan fingerprint density at radius 2 is 1.92 bits per heavy atom. The van der Waals surface area contributed by atoms with Gasteiger partial charge in [0.25, 0.3) is 5.91 Å². The first kappa shape index (κ1) is 30.4. The van der Waals surface area contributed by atoms with Crippen LogP contribution in [-0.4, -0.2) is 66.4 Å². The van der Waals surface area contributed by atoms with Crippen molar-refractivity contribution >= 4 is 41.1 Å². The third-order valence-electron chi connectivity index (χ3n) is 5.97.